The average Bonchev–Trinajstić information content (AvgIpc) is 2.63. The number of nitrogens with zero attached hydrogens (tertiary/aromatic N) is 2. The maximum absolute atomic E-state index is 12.3. The number of methoxy groups -OCH3 is 1. The topological polar surface area (TPSA) is 59.5 Å². The van der Waals surface area contributed by atoms with Crippen LogP contribution in [0.2, 0.25) is 0 Å². The van der Waals surface area contributed by atoms with Crippen molar-refractivity contribution >= 4 is 26.6 Å². The SMILES string of the molecule is COc1ccc2nc(N3CCC(C)(C)S(=O)(=O)CC3)ccc2c1. The summed E-state index contributed by atoms with van der Waals surface area (Å²) in [6.07, 6.45) is 0.609. The number of aromatic nitrogens is 1. The van der Waals surface area contributed by atoms with Gasteiger partial charge < -0.3 is 9.64 Å². The normalized spacial score (nSPS) is 20.2. The van der Waals surface area contributed by atoms with E-state index in [1.807, 2.05) is 44.2 Å². The number of hydrogen-bond donors (Lipinski definition) is 0. The minimum Gasteiger partial charge on any atom is -0.497 e. The lowest BCUT2D eigenvalue weighted by Crippen LogP contribution is -2.33. The summed E-state index contributed by atoms with van der Waals surface area (Å²) in [5, 5.41) is 1.01. The fourth-order valence-electron chi connectivity index (χ4n) is 2.80. The summed E-state index contributed by atoms with van der Waals surface area (Å²) in [6, 6.07) is 9.71. The van der Waals surface area contributed by atoms with Crippen molar-refractivity contribution in [3.05, 3.63) is 30.3 Å². The highest BCUT2D eigenvalue weighted by Crippen LogP contribution is 2.28. The van der Waals surface area contributed by atoms with Gasteiger partial charge in [0.15, 0.2) is 9.84 Å². The first-order valence-electron chi connectivity index (χ1n) is 7.74. The molecule has 0 amide bonds. The Labute approximate surface area is 137 Å². The minimum atomic E-state index is -3.08. The molecule has 1 saturated heterocycles. The van der Waals surface area contributed by atoms with Gasteiger partial charge in [-0.1, -0.05) is 0 Å². The van der Waals surface area contributed by atoms with Crippen LogP contribution in [-0.2, 0) is 9.84 Å². The van der Waals surface area contributed by atoms with Gasteiger partial charge in [-0.2, -0.15) is 0 Å². The quantitative estimate of drug-likeness (QED) is 0.845. The Balaban J connectivity index is 1.91. The lowest BCUT2D eigenvalue weighted by atomic mass is 10.1. The van der Waals surface area contributed by atoms with Crippen molar-refractivity contribution in [3.8, 4) is 5.75 Å². The summed E-state index contributed by atoms with van der Waals surface area (Å²) in [4.78, 5) is 6.75. The molecule has 6 heteroatoms. The van der Waals surface area contributed by atoms with Gasteiger partial charge in [0, 0.05) is 18.5 Å². The molecule has 3 rings (SSSR count). The van der Waals surface area contributed by atoms with E-state index < -0.39 is 14.6 Å². The van der Waals surface area contributed by atoms with E-state index in [0.29, 0.717) is 19.5 Å². The van der Waals surface area contributed by atoms with E-state index in [1.54, 1.807) is 7.11 Å². The molecule has 1 aromatic carbocycles. The first kappa shape index (κ1) is 16.1. The molecule has 0 saturated carbocycles. The highest BCUT2D eigenvalue weighted by atomic mass is 32.2. The van der Waals surface area contributed by atoms with Crippen LogP contribution in [0.5, 0.6) is 5.75 Å². The second-order valence-electron chi connectivity index (χ2n) is 6.54. The van der Waals surface area contributed by atoms with Crippen LogP contribution < -0.4 is 9.64 Å². The first-order chi connectivity index (χ1) is 10.8. The van der Waals surface area contributed by atoms with Crippen molar-refractivity contribution in [1.29, 1.82) is 0 Å². The fourth-order valence-corrected chi connectivity index (χ4v) is 4.22. The van der Waals surface area contributed by atoms with Gasteiger partial charge in [0.2, 0.25) is 0 Å². The van der Waals surface area contributed by atoms with Crippen LogP contribution in [0.3, 0.4) is 0 Å². The van der Waals surface area contributed by atoms with E-state index in [1.165, 1.54) is 0 Å². The van der Waals surface area contributed by atoms with E-state index in [2.05, 4.69) is 9.88 Å². The van der Waals surface area contributed by atoms with Crippen LogP contribution in [0, 0.1) is 0 Å². The van der Waals surface area contributed by atoms with Crippen LogP contribution in [0.1, 0.15) is 20.3 Å². The molecule has 0 spiro atoms. The van der Waals surface area contributed by atoms with Gasteiger partial charge in [-0.25, -0.2) is 13.4 Å². The molecule has 5 nitrogen and oxygen atoms in total. The molecule has 2 heterocycles. The molecular formula is C17H22N2O3S. The Hall–Kier alpha value is -1.82. The van der Waals surface area contributed by atoms with E-state index in [4.69, 9.17) is 4.74 Å². The van der Waals surface area contributed by atoms with E-state index in [9.17, 15) is 8.42 Å². The van der Waals surface area contributed by atoms with Gasteiger partial charge in [-0.05, 0) is 50.6 Å². The third-order valence-corrected chi connectivity index (χ3v) is 7.27. The Morgan fingerprint density at radius 1 is 1.17 bits per heavy atom. The molecule has 1 fully saturated rings. The van der Waals surface area contributed by atoms with E-state index >= 15 is 0 Å². The maximum atomic E-state index is 12.3. The molecule has 0 bridgehead atoms. The Kier molecular flexibility index (Phi) is 3.96. The minimum absolute atomic E-state index is 0.169. The van der Waals surface area contributed by atoms with Crippen LogP contribution in [-0.4, -0.2) is 44.1 Å². The molecule has 0 aliphatic carbocycles. The summed E-state index contributed by atoms with van der Waals surface area (Å²) in [7, 11) is -1.43. The second kappa shape index (κ2) is 5.67. The van der Waals surface area contributed by atoms with Gasteiger partial charge in [0.1, 0.15) is 11.6 Å². The number of rotatable bonds is 2. The predicted molar refractivity (Wildman–Crippen MR) is 93.0 cm³/mol. The van der Waals surface area contributed by atoms with E-state index in [-0.39, 0.29) is 5.75 Å². The lowest BCUT2D eigenvalue weighted by molar-refractivity contribution is 0.415. The predicted octanol–water partition coefficient (Wildman–Crippen LogP) is 2.65. The summed E-state index contributed by atoms with van der Waals surface area (Å²) in [5.74, 6) is 1.80. The monoisotopic (exact) mass is 334 g/mol. The second-order valence-corrected chi connectivity index (χ2v) is 9.29. The van der Waals surface area contributed by atoms with Gasteiger partial charge in [0.05, 0.1) is 23.1 Å². The number of benzene rings is 1. The highest BCUT2D eigenvalue weighted by molar-refractivity contribution is 7.92. The molecule has 124 valence electrons. The van der Waals surface area contributed by atoms with Crippen LogP contribution >= 0.6 is 0 Å². The standard InChI is InChI=1S/C17H22N2O3S/c1-17(2)8-9-19(10-11-23(17,20)21)16-7-4-13-12-14(22-3)5-6-15(13)18-16/h4-7,12H,8-11H2,1-3H3. The molecule has 2 aromatic rings. The number of sulfone groups is 1. The Bertz CT molecular complexity index is 831. The zero-order valence-corrected chi connectivity index (χ0v) is 14.6. The first-order valence-corrected chi connectivity index (χ1v) is 9.40. The van der Waals surface area contributed by atoms with Crippen LogP contribution in [0.15, 0.2) is 30.3 Å². The zero-order chi connectivity index (χ0) is 16.7. The summed E-state index contributed by atoms with van der Waals surface area (Å²) in [5.41, 5.74) is 0.884. The van der Waals surface area contributed by atoms with Crippen molar-refractivity contribution in [2.24, 2.45) is 0 Å². The molecule has 1 aromatic heterocycles. The molecule has 23 heavy (non-hydrogen) atoms. The smallest absolute Gasteiger partial charge is 0.157 e. The van der Waals surface area contributed by atoms with Crippen molar-refractivity contribution in [3.63, 3.8) is 0 Å². The Morgan fingerprint density at radius 2 is 1.96 bits per heavy atom. The van der Waals surface area contributed by atoms with Gasteiger partial charge in [-0.15, -0.1) is 0 Å². The third-order valence-electron chi connectivity index (χ3n) is 4.66. The van der Waals surface area contributed by atoms with Crippen molar-refractivity contribution in [2.75, 3.05) is 30.9 Å². The number of pyridine rings is 1. The molecule has 0 radical (unpaired) electrons. The van der Waals surface area contributed by atoms with Gasteiger partial charge >= 0.3 is 0 Å². The van der Waals surface area contributed by atoms with Gasteiger partial charge in [-0.3, -0.25) is 0 Å². The summed E-state index contributed by atoms with van der Waals surface area (Å²) >= 11 is 0. The number of ether oxygens (including phenoxy) is 1. The molecule has 1 aliphatic rings. The summed E-state index contributed by atoms with van der Waals surface area (Å²) < 4.78 is 29.2. The molecule has 0 atom stereocenters. The van der Waals surface area contributed by atoms with Crippen LogP contribution in [0.4, 0.5) is 5.82 Å². The fraction of sp³-hybridized carbons (Fsp3) is 0.471. The maximum Gasteiger partial charge on any atom is 0.157 e. The van der Waals surface area contributed by atoms with E-state index in [0.717, 1.165) is 22.5 Å². The molecule has 1 aliphatic heterocycles. The average molecular weight is 334 g/mol. The largest absolute Gasteiger partial charge is 0.497 e. The lowest BCUT2D eigenvalue weighted by Gasteiger charge is -2.23. The van der Waals surface area contributed by atoms with Crippen molar-refractivity contribution < 1.29 is 13.2 Å². The Morgan fingerprint density at radius 3 is 2.70 bits per heavy atom. The summed E-state index contributed by atoms with van der Waals surface area (Å²) in [6.45, 7) is 4.80. The number of fused-ring (bicyclic) bond motifs is 1. The van der Waals surface area contributed by atoms with Gasteiger partial charge in [0.25, 0.3) is 0 Å². The zero-order valence-electron chi connectivity index (χ0n) is 13.7. The molecular weight excluding hydrogens is 312 g/mol. The molecule has 0 unspecified atom stereocenters. The number of hydrogen-bond acceptors (Lipinski definition) is 5. The van der Waals surface area contributed by atoms with Crippen molar-refractivity contribution in [2.45, 2.75) is 25.0 Å². The van der Waals surface area contributed by atoms with Crippen molar-refractivity contribution in [1.82, 2.24) is 4.98 Å². The highest BCUT2D eigenvalue weighted by Gasteiger charge is 2.37. The van der Waals surface area contributed by atoms with Crippen LogP contribution in [0.25, 0.3) is 10.9 Å². The third kappa shape index (κ3) is 3.00. The molecule has 0 N–H and O–H groups in total. The number of anilines is 1.